The van der Waals surface area contributed by atoms with Crippen LogP contribution in [0.1, 0.15) is 24.5 Å². The lowest BCUT2D eigenvalue weighted by molar-refractivity contribution is -0.142. The van der Waals surface area contributed by atoms with Crippen LogP contribution in [-0.2, 0) is 16.1 Å². The van der Waals surface area contributed by atoms with Crippen LogP contribution in [-0.4, -0.2) is 19.1 Å². The van der Waals surface area contributed by atoms with E-state index in [0.29, 0.717) is 31.7 Å². The third-order valence-electron chi connectivity index (χ3n) is 2.33. The minimum absolute atomic E-state index is 0.223. The second kappa shape index (κ2) is 7.01. The van der Waals surface area contributed by atoms with Crippen LogP contribution in [0.3, 0.4) is 0 Å². The molecule has 0 amide bonds. The molecular formula is C13H18FNO2. The summed E-state index contributed by atoms with van der Waals surface area (Å²) in [5.41, 5.74) is 1.64. The van der Waals surface area contributed by atoms with Crippen LogP contribution in [0.15, 0.2) is 18.2 Å². The van der Waals surface area contributed by atoms with E-state index in [2.05, 4.69) is 5.32 Å². The van der Waals surface area contributed by atoms with Crippen LogP contribution in [0, 0.1) is 12.7 Å². The first-order valence-corrected chi connectivity index (χ1v) is 5.75. The van der Waals surface area contributed by atoms with Crippen LogP contribution in [0.5, 0.6) is 0 Å². The Morgan fingerprint density at radius 1 is 1.47 bits per heavy atom. The maximum atomic E-state index is 13.3. The van der Waals surface area contributed by atoms with Gasteiger partial charge in [0.15, 0.2) is 0 Å². The summed E-state index contributed by atoms with van der Waals surface area (Å²) in [4.78, 5) is 11.0. The van der Waals surface area contributed by atoms with E-state index in [1.54, 1.807) is 19.1 Å². The number of aryl methyl sites for hydroxylation is 1. The topological polar surface area (TPSA) is 38.3 Å². The number of carbonyl (C=O) groups excluding carboxylic acids is 1. The molecule has 0 aliphatic rings. The quantitative estimate of drug-likeness (QED) is 0.611. The predicted molar refractivity (Wildman–Crippen MR) is 64.1 cm³/mol. The van der Waals surface area contributed by atoms with Crippen molar-refractivity contribution in [1.29, 1.82) is 0 Å². The molecule has 94 valence electrons. The molecule has 0 heterocycles. The number of esters is 1. The van der Waals surface area contributed by atoms with E-state index in [1.165, 1.54) is 6.07 Å². The molecule has 0 aromatic heterocycles. The van der Waals surface area contributed by atoms with Crippen LogP contribution >= 0.6 is 0 Å². The molecule has 1 N–H and O–H groups in total. The van der Waals surface area contributed by atoms with Gasteiger partial charge in [-0.2, -0.15) is 0 Å². The standard InChI is InChI=1S/C13H18FNO2/c1-3-17-13(16)6-7-15-9-11-8-10(2)4-5-12(11)14/h4-5,8,15H,3,6-7,9H2,1-2H3. The van der Waals surface area contributed by atoms with E-state index in [9.17, 15) is 9.18 Å². The third kappa shape index (κ3) is 4.95. The van der Waals surface area contributed by atoms with E-state index < -0.39 is 0 Å². The van der Waals surface area contributed by atoms with Crippen molar-refractivity contribution in [3.8, 4) is 0 Å². The average molecular weight is 239 g/mol. The van der Waals surface area contributed by atoms with Gasteiger partial charge in [0.2, 0.25) is 0 Å². The van der Waals surface area contributed by atoms with Crippen molar-refractivity contribution in [2.75, 3.05) is 13.2 Å². The molecule has 1 aromatic rings. The molecule has 0 unspecified atom stereocenters. The molecule has 0 aliphatic heterocycles. The smallest absolute Gasteiger partial charge is 0.307 e. The number of benzene rings is 1. The number of ether oxygens (including phenoxy) is 1. The Morgan fingerprint density at radius 3 is 2.94 bits per heavy atom. The van der Waals surface area contributed by atoms with Gasteiger partial charge in [0.25, 0.3) is 0 Å². The Kier molecular flexibility index (Phi) is 5.63. The minimum Gasteiger partial charge on any atom is -0.466 e. The fraction of sp³-hybridized carbons (Fsp3) is 0.462. The highest BCUT2D eigenvalue weighted by Crippen LogP contribution is 2.09. The van der Waals surface area contributed by atoms with Gasteiger partial charge in [-0.05, 0) is 19.9 Å². The van der Waals surface area contributed by atoms with Crippen molar-refractivity contribution >= 4 is 5.97 Å². The molecule has 0 saturated carbocycles. The maximum absolute atomic E-state index is 13.3. The van der Waals surface area contributed by atoms with Crippen LogP contribution in [0.4, 0.5) is 4.39 Å². The SMILES string of the molecule is CCOC(=O)CCNCc1cc(C)ccc1F. The van der Waals surface area contributed by atoms with E-state index in [4.69, 9.17) is 4.74 Å². The lowest BCUT2D eigenvalue weighted by Gasteiger charge is -2.06. The summed E-state index contributed by atoms with van der Waals surface area (Å²) in [6.07, 6.45) is 0.307. The lowest BCUT2D eigenvalue weighted by atomic mass is 10.1. The summed E-state index contributed by atoms with van der Waals surface area (Å²) in [6.45, 7) is 5.00. The normalized spacial score (nSPS) is 10.3. The summed E-state index contributed by atoms with van der Waals surface area (Å²) < 4.78 is 18.1. The molecule has 3 nitrogen and oxygen atoms in total. The third-order valence-corrected chi connectivity index (χ3v) is 2.33. The second-order valence-corrected chi connectivity index (χ2v) is 3.83. The number of hydrogen-bond acceptors (Lipinski definition) is 3. The first-order chi connectivity index (χ1) is 8.13. The largest absolute Gasteiger partial charge is 0.466 e. The van der Waals surface area contributed by atoms with Gasteiger partial charge in [-0.25, -0.2) is 4.39 Å². The molecule has 0 spiro atoms. The van der Waals surface area contributed by atoms with E-state index >= 15 is 0 Å². The van der Waals surface area contributed by atoms with Crippen LogP contribution in [0.25, 0.3) is 0 Å². The zero-order chi connectivity index (χ0) is 12.7. The molecule has 1 rings (SSSR count). The summed E-state index contributed by atoms with van der Waals surface area (Å²) in [7, 11) is 0. The van der Waals surface area contributed by atoms with E-state index in [-0.39, 0.29) is 11.8 Å². The number of halogens is 1. The maximum Gasteiger partial charge on any atom is 0.307 e. The second-order valence-electron chi connectivity index (χ2n) is 3.83. The first-order valence-electron chi connectivity index (χ1n) is 5.75. The highest BCUT2D eigenvalue weighted by Gasteiger charge is 2.03. The molecule has 0 radical (unpaired) electrons. The average Bonchev–Trinajstić information content (AvgIpc) is 2.29. The lowest BCUT2D eigenvalue weighted by Crippen LogP contribution is -2.19. The van der Waals surface area contributed by atoms with Crippen molar-refractivity contribution in [3.05, 3.63) is 35.1 Å². The van der Waals surface area contributed by atoms with Crippen molar-refractivity contribution in [3.63, 3.8) is 0 Å². The molecule has 17 heavy (non-hydrogen) atoms. The van der Waals surface area contributed by atoms with Gasteiger partial charge in [0.1, 0.15) is 5.82 Å². The van der Waals surface area contributed by atoms with Gasteiger partial charge in [-0.3, -0.25) is 4.79 Å². The Bertz CT molecular complexity index is 380. The number of hydrogen-bond donors (Lipinski definition) is 1. The predicted octanol–water partition coefficient (Wildman–Crippen LogP) is 2.18. The highest BCUT2D eigenvalue weighted by atomic mass is 19.1. The Morgan fingerprint density at radius 2 is 2.24 bits per heavy atom. The van der Waals surface area contributed by atoms with Crippen molar-refractivity contribution in [1.82, 2.24) is 5.32 Å². The van der Waals surface area contributed by atoms with Gasteiger partial charge >= 0.3 is 5.97 Å². The number of nitrogens with one attached hydrogen (secondary N) is 1. The summed E-state index contributed by atoms with van der Waals surface area (Å²) in [6, 6.07) is 4.99. The van der Waals surface area contributed by atoms with Crippen LogP contribution in [0.2, 0.25) is 0 Å². The van der Waals surface area contributed by atoms with E-state index in [0.717, 1.165) is 5.56 Å². The number of rotatable bonds is 6. The fourth-order valence-electron chi connectivity index (χ4n) is 1.49. The molecule has 0 bridgehead atoms. The Labute approximate surface area is 101 Å². The summed E-state index contributed by atoms with van der Waals surface area (Å²) in [5.74, 6) is -0.455. The minimum atomic E-state index is -0.232. The molecule has 0 atom stereocenters. The van der Waals surface area contributed by atoms with Gasteiger partial charge in [-0.15, -0.1) is 0 Å². The first kappa shape index (κ1) is 13.6. The zero-order valence-corrected chi connectivity index (χ0v) is 10.3. The fourth-order valence-corrected chi connectivity index (χ4v) is 1.49. The molecule has 4 heteroatoms. The highest BCUT2D eigenvalue weighted by molar-refractivity contribution is 5.69. The molecule has 1 aromatic carbocycles. The number of carbonyl (C=O) groups is 1. The monoisotopic (exact) mass is 239 g/mol. The van der Waals surface area contributed by atoms with Crippen LogP contribution < -0.4 is 5.32 Å². The van der Waals surface area contributed by atoms with Gasteiger partial charge in [0.05, 0.1) is 13.0 Å². The molecular weight excluding hydrogens is 221 g/mol. The Hall–Kier alpha value is -1.42. The summed E-state index contributed by atoms with van der Waals surface area (Å²) >= 11 is 0. The Balaban J connectivity index is 2.31. The van der Waals surface area contributed by atoms with Crippen molar-refractivity contribution in [2.24, 2.45) is 0 Å². The van der Waals surface area contributed by atoms with Gasteiger partial charge < -0.3 is 10.1 Å². The summed E-state index contributed by atoms with van der Waals surface area (Å²) in [5, 5.41) is 3.02. The molecule has 0 saturated heterocycles. The van der Waals surface area contributed by atoms with Gasteiger partial charge in [0, 0.05) is 18.7 Å². The molecule has 0 fully saturated rings. The van der Waals surface area contributed by atoms with Crippen molar-refractivity contribution < 1.29 is 13.9 Å². The van der Waals surface area contributed by atoms with Crippen molar-refractivity contribution in [2.45, 2.75) is 26.8 Å². The molecule has 0 aliphatic carbocycles. The van der Waals surface area contributed by atoms with E-state index in [1.807, 2.05) is 6.92 Å². The van der Waals surface area contributed by atoms with Gasteiger partial charge in [-0.1, -0.05) is 17.7 Å². The zero-order valence-electron chi connectivity index (χ0n) is 10.3.